The number of aromatic nitrogens is 1. The molecule has 1 aromatic heterocycles. The number of halogens is 1. The summed E-state index contributed by atoms with van der Waals surface area (Å²) in [6.07, 6.45) is 3.62. The van der Waals surface area contributed by atoms with Gasteiger partial charge in [0.1, 0.15) is 0 Å². The SMILES string of the molecule is CSc1ccc(NC(=O)c2ccc(Br)cc2)cn1. The molecule has 0 aliphatic rings. The van der Waals surface area contributed by atoms with Crippen LogP contribution in [0.1, 0.15) is 10.4 Å². The lowest BCUT2D eigenvalue weighted by Crippen LogP contribution is -2.11. The van der Waals surface area contributed by atoms with E-state index in [1.165, 1.54) is 0 Å². The Bertz CT molecular complexity index is 540. The molecule has 0 radical (unpaired) electrons. The van der Waals surface area contributed by atoms with Gasteiger partial charge in [-0.15, -0.1) is 11.8 Å². The fourth-order valence-corrected chi connectivity index (χ4v) is 2.01. The summed E-state index contributed by atoms with van der Waals surface area (Å²) in [5.74, 6) is -0.138. The first-order valence-corrected chi connectivity index (χ1v) is 7.28. The van der Waals surface area contributed by atoms with Crippen molar-refractivity contribution < 1.29 is 4.79 Å². The Kier molecular flexibility index (Phi) is 4.38. The number of rotatable bonds is 3. The number of nitrogens with zero attached hydrogens (tertiary/aromatic N) is 1. The van der Waals surface area contributed by atoms with Gasteiger partial charge in [0.25, 0.3) is 5.91 Å². The highest BCUT2D eigenvalue weighted by molar-refractivity contribution is 9.10. The van der Waals surface area contributed by atoms with Crippen LogP contribution in [0.3, 0.4) is 0 Å². The quantitative estimate of drug-likeness (QED) is 0.873. The van der Waals surface area contributed by atoms with Gasteiger partial charge in [0, 0.05) is 10.0 Å². The van der Waals surface area contributed by atoms with Gasteiger partial charge in [-0.3, -0.25) is 4.79 Å². The molecule has 92 valence electrons. The third kappa shape index (κ3) is 3.34. The minimum Gasteiger partial charge on any atom is -0.321 e. The van der Waals surface area contributed by atoms with Crippen molar-refractivity contribution in [3.8, 4) is 0 Å². The predicted octanol–water partition coefficient (Wildman–Crippen LogP) is 3.82. The van der Waals surface area contributed by atoms with Crippen LogP contribution in [0.15, 0.2) is 52.1 Å². The number of hydrogen-bond donors (Lipinski definition) is 1. The van der Waals surface area contributed by atoms with E-state index in [0.717, 1.165) is 9.50 Å². The summed E-state index contributed by atoms with van der Waals surface area (Å²) in [5.41, 5.74) is 1.31. The molecule has 0 aliphatic heterocycles. The molecule has 2 rings (SSSR count). The number of nitrogens with one attached hydrogen (secondary N) is 1. The van der Waals surface area contributed by atoms with Crippen molar-refractivity contribution >= 4 is 39.3 Å². The maximum absolute atomic E-state index is 11.9. The first-order valence-electron chi connectivity index (χ1n) is 5.26. The summed E-state index contributed by atoms with van der Waals surface area (Å²) in [4.78, 5) is 16.1. The maximum atomic E-state index is 11.9. The van der Waals surface area contributed by atoms with Crippen molar-refractivity contribution in [3.63, 3.8) is 0 Å². The zero-order valence-electron chi connectivity index (χ0n) is 9.68. The molecule has 1 N–H and O–H groups in total. The lowest BCUT2D eigenvalue weighted by Gasteiger charge is -2.05. The molecule has 0 saturated heterocycles. The van der Waals surface area contributed by atoms with Gasteiger partial charge in [0.15, 0.2) is 0 Å². The van der Waals surface area contributed by atoms with E-state index in [1.807, 2.05) is 30.5 Å². The fourth-order valence-electron chi connectivity index (χ4n) is 1.38. The van der Waals surface area contributed by atoms with E-state index >= 15 is 0 Å². The largest absolute Gasteiger partial charge is 0.321 e. The lowest BCUT2D eigenvalue weighted by atomic mass is 10.2. The van der Waals surface area contributed by atoms with E-state index in [2.05, 4.69) is 26.2 Å². The molecule has 0 unspecified atom stereocenters. The molecule has 1 amide bonds. The van der Waals surface area contributed by atoms with Gasteiger partial charge < -0.3 is 5.32 Å². The zero-order valence-corrected chi connectivity index (χ0v) is 12.1. The molecule has 0 saturated carbocycles. The summed E-state index contributed by atoms with van der Waals surface area (Å²) >= 11 is 4.90. The van der Waals surface area contributed by atoms with Gasteiger partial charge in [0.2, 0.25) is 0 Å². The molecular formula is C13H11BrN2OS. The number of hydrogen-bond acceptors (Lipinski definition) is 3. The highest BCUT2D eigenvalue weighted by Crippen LogP contribution is 2.15. The topological polar surface area (TPSA) is 42.0 Å². The van der Waals surface area contributed by atoms with Crippen molar-refractivity contribution in [2.24, 2.45) is 0 Å². The molecule has 18 heavy (non-hydrogen) atoms. The number of pyridine rings is 1. The van der Waals surface area contributed by atoms with Gasteiger partial charge >= 0.3 is 0 Å². The van der Waals surface area contributed by atoms with Gasteiger partial charge in [-0.2, -0.15) is 0 Å². The minimum atomic E-state index is -0.138. The summed E-state index contributed by atoms with van der Waals surface area (Å²) in [6, 6.07) is 10.9. The minimum absolute atomic E-state index is 0.138. The zero-order chi connectivity index (χ0) is 13.0. The average Bonchev–Trinajstić information content (AvgIpc) is 2.40. The molecule has 2 aromatic rings. The Morgan fingerprint density at radius 3 is 2.50 bits per heavy atom. The smallest absolute Gasteiger partial charge is 0.255 e. The van der Waals surface area contributed by atoms with Crippen molar-refractivity contribution in [1.29, 1.82) is 0 Å². The Labute approximate surface area is 118 Å². The van der Waals surface area contributed by atoms with Crippen LogP contribution in [0.2, 0.25) is 0 Å². The van der Waals surface area contributed by atoms with E-state index < -0.39 is 0 Å². The second-order valence-corrected chi connectivity index (χ2v) is 5.29. The Morgan fingerprint density at radius 2 is 1.94 bits per heavy atom. The van der Waals surface area contributed by atoms with Crippen LogP contribution in [0, 0.1) is 0 Å². The third-order valence-electron chi connectivity index (χ3n) is 2.31. The summed E-state index contributed by atoms with van der Waals surface area (Å²) in [6.45, 7) is 0. The molecule has 0 atom stereocenters. The average molecular weight is 323 g/mol. The van der Waals surface area contributed by atoms with E-state index in [9.17, 15) is 4.79 Å². The number of carbonyl (C=O) groups excluding carboxylic acids is 1. The second kappa shape index (κ2) is 6.02. The molecule has 0 aliphatic carbocycles. The van der Waals surface area contributed by atoms with Gasteiger partial charge in [-0.25, -0.2) is 4.98 Å². The Morgan fingerprint density at radius 1 is 1.22 bits per heavy atom. The normalized spacial score (nSPS) is 10.1. The van der Waals surface area contributed by atoms with Crippen LogP contribution in [-0.4, -0.2) is 17.1 Å². The van der Waals surface area contributed by atoms with Crippen molar-refractivity contribution in [3.05, 3.63) is 52.6 Å². The van der Waals surface area contributed by atoms with Crippen molar-refractivity contribution in [2.45, 2.75) is 5.03 Å². The molecule has 0 spiro atoms. The van der Waals surface area contributed by atoms with Crippen molar-refractivity contribution in [2.75, 3.05) is 11.6 Å². The van der Waals surface area contributed by atoms with Crippen molar-refractivity contribution in [1.82, 2.24) is 4.98 Å². The van der Waals surface area contributed by atoms with E-state index in [4.69, 9.17) is 0 Å². The summed E-state index contributed by atoms with van der Waals surface area (Å²) < 4.78 is 0.949. The van der Waals surface area contributed by atoms with Gasteiger partial charge in [0.05, 0.1) is 16.9 Å². The molecule has 1 heterocycles. The highest BCUT2D eigenvalue weighted by Gasteiger charge is 2.05. The van der Waals surface area contributed by atoms with Gasteiger partial charge in [-0.1, -0.05) is 15.9 Å². The molecule has 0 bridgehead atoms. The third-order valence-corrected chi connectivity index (χ3v) is 3.50. The van der Waals surface area contributed by atoms with E-state index in [1.54, 1.807) is 30.1 Å². The first kappa shape index (κ1) is 13.1. The monoisotopic (exact) mass is 322 g/mol. The number of thioether (sulfide) groups is 1. The van der Waals surface area contributed by atoms with Crippen LogP contribution in [0.4, 0.5) is 5.69 Å². The molecule has 5 heteroatoms. The second-order valence-electron chi connectivity index (χ2n) is 3.55. The fraction of sp³-hybridized carbons (Fsp3) is 0.0769. The number of carbonyl (C=O) groups is 1. The lowest BCUT2D eigenvalue weighted by molar-refractivity contribution is 0.102. The van der Waals surface area contributed by atoms with Gasteiger partial charge in [-0.05, 0) is 42.7 Å². The Hall–Kier alpha value is -1.33. The number of benzene rings is 1. The number of amides is 1. The van der Waals surface area contributed by atoms with Crippen LogP contribution in [0.25, 0.3) is 0 Å². The summed E-state index contributed by atoms with van der Waals surface area (Å²) in [7, 11) is 0. The number of anilines is 1. The maximum Gasteiger partial charge on any atom is 0.255 e. The molecular weight excluding hydrogens is 312 g/mol. The van der Waals surface area contributed by atoms with E-state index in [-0.39, 0.29) is 5.91 Å². The first-order chi connectivity index (χ1) is 8.69. The van der Waals surface area contributed by atoms with Crippen LogP contribution < -0.4 is 5.32 Å². The predicted molar refractivity (Wildman–Crippen MR) is 78.1 cm³/mol. The molecule has 1 aromatic carbocycles. The summed E-state index contributed by atoms with van der Waals surface area (Å²) in [5, 5.41) is 3.73. The van der Waals surface area contributed by atoms with Crippen LogP contribution in [-0.2, 0) is 0 Å². The van der Waals surface area contributed by atoms with E-state index in [0.29, 0.717) is 11.3 Å². The Balaban J connectivity index is 2.08. The molecule has 3 nitrogen and oxygen atoms in total. The highest BCUT2D eigenvalue weighted by atomic mass is 79.9. The standard InChI is InChI=1S/C13H11BrN2OS/c1-18-12-7-6-11(8-15-12)16-13(17)9-2-4-10(14)5-3-9/h2-8H,1H3,(H,16,17). The molecule has 0 fully saturated rings. The van der Waals surface area contributed by atoms with Crippen LogP contribution in [0.5, 0.6) is 0 Å². The van der Waals surface area contributed by atoms with Crippen LogP contribution >= 0.6 is 27.7 Å².